The van der Waals surface area contributed by atoms with Crippen molar-refractivity contribution in [2.75, 3.05) is 5.32 Å². The number of hydrogen-bond donors (Lipinski definition) is 1. The van der Waals surface area contributed by atoms with Crippen LogP contribution in [-0.4, -0.2) is 5.91 Å². The number of nitrogens with one attached hydrogen (secondary N) is 1. The van der Waals surface area contributed by atoms with Gasteiger partial charge < -0.3 is 5.32 Å². The first-order chi connectivity index (χ1) is 10.1. The Balaban J connectivity index is 1.96. The van der Waals surface area contributed by atoms with Gasteiger partial charge in [-0.2, -0.15) is 5.26 Å². The first-order valence-corrected chi connectivity index (χ1v) is 7.08. The average molecular weight is 319 g/mol. The maximum absolute atomic E-state index is 11.9. The third-order valence-electron chi connectivity index (χ3n) is 2.93. The van der Waals surface area contributed by atoms with Gasteiger partial charge in [0.2, 0.25) is 5.91 Å². The van der Waals surface area contributed by atoms with Crippen LogP contribution in [-0.2, 0) is 11.2 Å². The van der Waals surface area contributed by atoms with Crippen molar-refractivity contribution < 1.29 is 4.79 Å². The molecule has 0 aliphatic heterocycles. The van der Waals surface area contributed by atoms with E-state index in [1.165, 1.54) is 0 Å². The highest BCUT2D eigenvalue weighted by Gasteiger charge is 2.08. The van der Waals surface area contributed by atoms with Gasteiger partial charge in [-0.3, -0.25) is 4.79 Å². The molecule has 0 saturated heterocycles. The summed E-state index contributed by atoms with van der Waals surface area (Å²) in [5, 5.41) is 12.5. The van der Waals surface area contributed by atoms with Crippen molar-refractivity contribution in [2.45, 2.75) is 12.8 Å². The van der Waals surface area contributed by atoms with Crippen molar-refractivity contribution in [1.29, 1.82) is 5.26 Å². The summed E-state index contributed by atoms with van der Waals surface area (Å²) >= 11 is 12.0. The fraction of sp³-hybridized carbons (Fsp3) is 0.125. The molecule has 0 radical (unpaired) electrons. The van der Waals surface area contributed by atoms with Gasteiger partial charge in [0.05, 0.1) is 21.7 Å². The number of amides is 1. The third kappa shape index (κ3) is 4.22. The molecule has 1 amide bonds. The summed E-state index contributed by atoms with van der Waals surface area (Å²) in [4.78, 5) is 11.9. The monoisotopic (exact) mass is 318 g/mol. The standard InChI is InChI=1S/C16H12Cl2N2O/c17-14-6-2-4-12(16(14)18)7-8-15(21)20-13-5-1-3-11(9-13)10-19/h1-6,9H,7-8H2,(H,20,21). The van der Waals surface area contributed by atoms with E-state index >= 15 is 0 Å². The zero-order chi connectivity index (χ0) is 15.2. The molecule has 106 valence electrons. The number of hydrogen-bond acceptors (Lipinski definition) is 2. The lowest BCUT2D eigenvalue weighted by atomic mass is 10.1. The molecule has 0 spiro atoms. The first kappa shape index (κ1) is 15.4. The summed E-state index contributed by atoms with van der Waals surface area (Å²) in [5.74, 6) is -0.138. The van der Waals surface area contributed by atoms with Crippen LogP contribution in [0.5, 0.6) is 0 Å². The van der Waals surface area contributed by atoms with Crippen LogP contribution in [0.4, 0.5) is 5.69 Å². The van der Waals surface area contributed by atoms with Crippen LogP contribution in [0, 0.1) is 11.3 Å². The van der Waals surface area contributed by atoms with Gasteiger partial charge in [-0.15, -0.1) is 0 Å². The van der Waals surface area contributed by atoms with Crippen molar-refractivity contribution in [3.63, 3.8) is 0 Å². The highest BCUT2D eigenvalue weighted by molar-refractivity contribution is 6.42. The molecule has 0 aliphatic carbocycles. The first-order valence-electron chi connectivity index (χ1n) is 6.33. The molecule has 0 fully saturated rings. The van der Waals surface area contributed by atoms with Gasteiger partial charge in [0.25, 0.3) is 0 Å². The molecule has 0 atom stereocenters. The van der Waals surface area contributed by atoms with Crippen LogP contribution in [0.3, 0.4) is 0 Å². The number of carbonyl (C=O) groups excluding carboxylic acids is 1. The molecule has 3 nitrogen and oxygen atoms in total. The molecule has 0 unspecified atom stereocenters. The molecule has 0 aliphatic rings. The topological polar surface area (TPSA) is 52.9 Å². The molecule has 0 bridgehead atoms. The second-order valence-corrected chi connectivity index (χ2v) is 5.24. The van der Waals surface area contributed by atoms with Crippen LogP contribution in [0.15, 0.2) is 42.5 Å². The maximum Gasteiger partial charge on any atom is 0.224 e. The van der Waals surface area contributed by atoms with E-state index in [-0.39, 0.29) is 12.3 Å². The van der Waals surface area contributed by atoms with Gasteiger partial charge in [0, 0.05) is 12.1 Å². The van der Waals surface area contributed by atoms with E-state index in [1.54, 1.807) is 36.4 Å². The summed E-state index contributed by atoms with van der Waals surface area (Å²) in [6, 6.07) is 14.2. The normalized spacial score (nSPS) is 9.95. The largest absolute Gasteiger partial charge is 0.326 e. The van der Waals surface area contributed by atoms with E-state index in [1.807, 2.05) is 12.1 Å². The number of anilines is 1. The van der Waals surface area contributed by atoms with Crippen molar-refractivity contribution >= 4 is 34.8 Å². The zero-order valence-electron chi connectivity index (χ0n) is 11.1. The summed E-state index contributed by atoms with van der Waals surface area (Å²) in [7, 11) is 0. The Labute approximate surface area is 133 Å². The third-order valence-corrected chi connectivity index (χ3v) is 3.79. The lowest BCUT2D eigenvalue weighted by molar-refractivity contribution is -0.116. The molecule has 0 aromatic heterocycles. The molecular weight excluding hydrogens is 307 g/mol. The number of rotatable bonds is 4. The number of nitriles is 1. The fourth-order valence-corrected chi connectivity index (χ4v) is 2.29. The van der Waals surface area contributed by atoms with E-state index in [4.69, 9.17) is 28.5 Å². The van der Waals surface area contributed by atoms with Gasteiger partial charge in [0.1, 0.15) is 0 Å². The molecular formula is C16H12Cl2N2O. The van der Waals surface area contributed by atoms with Gasteiger partial charge in [0.15, 0.2) is 0 Å². The maximum atomic E-state index is 11.9. The predicted octanol–water partition coefficient (Wildman–Crippen LogP) is 4.44. The SMILES string of the molecule is N#Cc1cccc(NC(=O)CCc2cccc(Cl)c2Cl)c1. The summed E-state index contributed by atoms with van der Waals surface area (Å²) in [5.41, 5.74) is 1.95. The van der Waals surface area contributed by atoms with Gasteiger partial charge in [-0.25, -0.2) is 0 Å². The molecule has 0 heterocycles. The Bertz CT molecular complexity index is 708. The molecule has 1 N–H and O–H groups in total. The summed E-state index contributed by atoms with van der Waals surface area (Å²) < 4.78 is 0. The number of nitrogens with zero attached hydrogens (tertiary/aromatic N) is 1. The average Bonchev–Trinajstić information content (AvgIpc) is 2.49. The highest BCUT2D eigenvalue weighted by Crippen LogP contribution is 2.26. The van der Waals surface area contributed by atoms with Crippen LogP contribution >= 0.6 is 23.2 Å². The van der Waals surface area contributed by atoms with E-state index in [2.05, 4.69) is 5.32 Å². The number of aryl methyl sites for hydroxylation is 1. The van der Waals surface area contributed by atoms with Gasteiger partial charge in [-0.1, -0.05) is 41.4 Å². The Morgan fingerprint density at radius 1 is 1.19 bits per heavy atom. The minimum atomic E-state index is -0.138. The number of carbonyl (C=O) groups is 1. The minimum absolute atomic E-state index is 0.138. The summed E-state index contributed by atoms with van der Waals surface area (Å²) in [6.45, 7) is 0. The second kappa shape index (κ2) is 7.12. The van der Waals surface area contributed by atoms with Crippen molar-refractivity contribution in [2.24, 2.45) is 0 Å². The smallest absolute Gasteiger partial charge is 0.224 e. The Morgan fingerprint density at radius 2 is 1.95 bits per heavy atom. The molecule has 2 aromatic carbocycles. The van der Waals surface area contributed by atoms with Gasteiger partial charge >= 0.3 is 0 Å². The van der Waals surface area contributed by atoms with Gasteiger partial charge in [-0.05, 0) is 36.2 Å². The van der Waals surface area contributed by atoms with Crippen molar-refractivity contribution in [3.05, 3.63) is 63.6 Å². The Hall–Kier alpha value is -2.02. The highest BCUT2D eigenvalue weighted by atomic mass is 35.5. The molecule has 5 heteroatoms. The molecule has 2 rings (SSSR count). The van der Waals surface area contributed by atoms with E-state index < -0.39 is 0 Å². The zero-order valence-corrected chi connectivity index (χ0v) is 12.6. The van der Waals surface area contributed by atoms with Crippen LogP contribution in [0.1, 0.15) is 17.5 Å². The lowest BCUT2D eigenvalue weighted by Crippen LogP contribution is -2.12. The lowest BCUT2D eigenvalue weighted by Gasteiger charge is -2.07. The van der Waals surface area contributed by atoms with E-state index in [0.29, 0.717) is 27.7 Å². The number of benzene rings is 2. The fourth-order valence-electron chi connectivity index (χ4n) is 1.88. The number of halogens is 2. The van der Waals surface area contributed by atoms with Crippen molar-refractivity contribution in [1.82, 2.24) is 0 Å². The Morgan fingerprint density at radius 3 is 2.71 bits per heavy atom. The quantitative estimate of drug-likeness (QED) is 0.906. The van der Waals surface area contributed by atoms with E-state index in [0.717, 1.165) is 5.56 Å². The van der Waals surface area contributed by atoms with Crippen LogP contribution < -0.4 is 5.32 Å². The molecule has 21 heavy (non-hydrogen) atoms. The summed E-state index contributed by atoms with van der Waals surface area (Å²) in [6.07, 6.45) is 0.792. The molecule has 2 aromatic rings. The Kier molecular flexibility index (Phi) is 5.21. The van der Waals surface area contributed by atoms with Crippen LogP contribution in [0.25, 0.3) is 0 Å². The van der Waals surface area contributed by atoms with Crippen molar-refractivity contribution in [3.8, 4) is 6.07 Å². The second-order valence-electron chi connectivity index (χ2n) is 4.45. The molecule has 0 saturated carbocycles. The van der Waals surface area contributed by atoms with Crippen LogP contribution in [0.2, 0.25) is 10.0 Å². The predicted molar refractivity (Wildman–Crippen MR) is 84.6 cm³/mol. The van der Waals surface area contributed by atoms with E-state index in [9.17, 15) is 4.79 Å². The minimum Gasteiger partial charge on any atom is -0.326 e.